The first-order valence-electron chi connectivity index (χ1n) is 13.1. The van der Waals surface area contributed by atoms with Gasteiger partial charge < -0.3 is 28.8 Å². The Morgan fingerprint density at radius 3 is 2.21 bits per heavy atom. The molecular formula is C30H32N2O9S. The molecular weight excluding hydrogens is 564 g/mol. The van der Waals surface area contributed by atoms with Crippen LogP contribution in [0.2, 0.25) is 0 Å². The number of methoxy groups -OCH3 is 4. The number of carbonyl (C=O) groups excluding carboxylic acids is 3. The van der Waals surface area contributed by atoms with E-state index in [0.29, 0.717) is 34.9 Å². The summed E-state index contributed by atoms with van der Waals surface area (Å²) in [6, 6.07) is 8.60. The van der Waals surface area contributed by atoms with E-state index in [1.807, 2.05) is 0 Å². The number of aromatic nitrogens is 1. The number of carbonyl (C=O) groups is 3. The Hall–Kier alpha value is -4.58. The van der Waals surface area contributed by atoms with Crippen LogP contribution in [-0.4, -0.2) is 62.8 Å². The highest BCUT2D eigenvalue weighted by molar-refractivity contribution is 7.17. The molecule has 12 heteroatoms. The summed E-state index contributed by atoms with van der Waals surface area (Å²) in [6.07, 6.45) is 1.88. The van der Waals surface area contributed by atoms with Gasteiger partial charge in [0.15, 0.2) is 16.6 Å². The van der Waals surface area contributed by atoms with Crippen molar-refractivity contribution in [3.63, 3.8) is 0 Å². The van der Waals surface area contributed by atoms with E-state index in [9.17, 15) is 19.5 Å². The molecule has 2 heterocycles. The average Bonchev–Trinajstić information content (AvgIpc) is 3.51. The molecule has 0 radical (unpaired) electrons. The Morgan fingerprint density at radius 1 is 1.02 bits per heavy atom. The van der Waals surface area contributed by atoms with E-state index in [1.54, 1.807) is 43.3 Å². The zero-order chi connectivity index (χ0) is 30.6. The number of hydrogen-bond acceptors (Lipinski definition) is 11. The molecule has 0 unspecified atom stereocenters. The average molecular weight is 597 g/mol. The van der Waals surface area contributed by atoms with Gasteiger partial charge in [0, 0.05) is 5.56 Å². The third-order valence-electron chi connectivity index (χ3n) is 6.70. The number of Topliss-reactive ketones (excluding diaryl/α,β-unsaturated/α-hetero) is 1. The second-order valence-corrected chi connectivity index (χ2v) is 10.2. The lowest BCUT2D eigenvalue weighted by molar-refractivity contribution is -0.132. The molecule has 3 aromatic rings. The molecule has 0 spiro atoms. The second-order valence-electron chi connectivity index (χ2n) is 9.26. The predicted octanol–water partition coefficient (Wildman–Crippen LogP) is 5.07. The lowest BCUT2D eigenvalue weighted by Gasteiger charge is -2.24. The van der Waals surface area contributed by atoms with Crippen molar-refractivity contribution in [2.24, 2.45) is 0 Å². The number of aryl methyl sites for hydroxylation is 1. The number of ether oxygens (including phenoxy) is 5. The van der Waals surface area contributed by atoms with Crippen LogP contribution < -0.4 is 23.8 Å². The van der Waals surface area contributed by atoms with Crippen LogP contribution in [0.1, 0.15) is 52.3 Å². The summed E-state index contributed by atoms with van der Waals surface area (Å²) in [5.74, 6) is -1.42. The number of nitrogens with zero attached hydrogens (tertiary/aromatic N) is 2. The minimum absolute atomic E-state index is 0.0764. The quantitative estimate of drug-likeness (QED) is 0.105. The largest absolute Gasteiger partial charge is 0.507 e. The van der Waals surface area contributed by atoms with E-state index in [0.717, 1.165) is 29.1 Å². The van der Waals surface area contributed by atoms with E-state index < -0.39 is 29.5 Å². The third kappa shape index (κ3) is 5.62. The van der Waals surface area contributed by atoms with Gasteiger partial charge >= 0.3 is 11.9 Å². The summed E-state index contributed by atoms with van der Waals surface area (Å²) >= 11 is 0.901. The molecule has 0 aliphatic carbocycles. The number of ketones is 1. The fourth-order valence-corrected chi connectivity index (χ4v) is 5.58. The van der Waals surface area contributed by atoms with Gasteiger partial charge in [-0.05, 0) is 55.3 Å². The molecule has 1 atom stereocenters. The molecule has 2 aromatic carbocycles. The van der Waals surface area contributed by atoms with Gasteiger partial charge in [-0.3, -0.25) is 14.5 Å². The van der Waals surface area contributed by atoms with Crippen molar-refractivity contribution < 1.29 is 43.2 Å². The molecule has 1 fully saturated rings. The highest BCUT2D eigenvalue weighted by Crippen LogP contribution is 2.48. The van der Waals surface area contributed by atoms with Crippen LogP contribution in [0.15, 0.2) is 42.0 Å². The number of esters is 1. The Bertz CT molecular complexity index is 1500. The first-order valence-corrected chi connectivity index (χ1v) is 13.9. The van der Waals surface area contributed by atoms with Crippen LogP contribution in [0.3, 0.4) is 0 Å². The number of unbranched alkanes of at least 4 members (excludes halogenated alkanes) is 1. The van der Waals surface area contributed by atoms with Gasteiger partial charge in [-0.15, -0.1) is 0 Å². The van der Waals surface area contributed by atoms with Crippen molar-refractivity contribution in [2.45, 2.75) is 32.7 Å². The number of rotatable bonds is 11. The summed E-state index contributed by atoms with van der Waals surface area (Å²) < 4.78 is 27.0. The van der Waals surface area contributed by atoms with Crippen molar-refractivity contribution in [1.82, 2.24) is 4.98 Å². The smallest absolute Gasteiger partial charge is 0.350 e. The molecule has 1 saturated heterocycles. The molecule has 1 aromatic heterocycles. The zero-order valence-corrected chi connectivity index (χ0v) is 25.0. The number of aliphatic hydroxyl groups is 1. The molecule has 1 N–H and O–H groups in total. The van der Waals surface area contributed by atoms with E-state index in [-0.39, 0.29) is 27.1 Å². The van der Waals surface area contributed by atoms with Gasteiger partial charge in [-0.2, -0.15) is 0 Å². The van der Waals surface area contributed by atoms with Crippen molar-refractivity contribution in [1.29, 1.82) is 0 Å². The number of aliphatic hydroxyl groups excluding tert-OH is 1. The molecule has 0 bridgehead atoms. The van der Waals surface area contributed by atoms with Crippen molar-refractivity contribution >= 4 is 39.9 Å². The van der Waals surface area contributed by atoms with Gasteiger partial charge in [-0.25, -0.2) is 9.78 Å². The number of benzene rings is 2. The fraction of sp³-hybridized carbons (Fsp3) is 0.333. The van der Waals surface area contributed by atoms with E-state index >= 15 is 0 Å². The molecule has 222 valence electrons. The van der Waals surface area contributed by atoms with Crippen molar-refractivity contribution in [2.75, 3.05) is 39.9 Å². The maximum Gasteiger partial charge on any atom is 0.350 e. The molecule has 4 rings (SSSR count). The van der Waals surface area contributed by atoms with Crippen LogP contribution in [-0.2, 0) is 14.3 Å². The summed E-state index contributed by atoms with van der Waals surface area (Å²) in [5.41, 5.74) is 0.823. The van der Waals surface area contributed by atoms with Gasteiger partial charge in [0.2, 0.25) is 5.75 Å². The first-order chi connectivity index (χ1) is 20.2. The minimum atomic E-state index is -1.16. The van der Waals surface area contributed by atoms with Crippen LogP contribution in [0, 0.1) is 6.92 Å². The van der Waals surface area contributed by atoms with E-state index in [4.69, 9.17) is 23.7 Å². The van der Waals surface area contributed by atoms with E-state index in [2.05, 4.69) is 11.9 Å². The Morgan fingerprint density at radius 2 is 1.67 bits per heavy atom. The number of hydrogen-bond donors (Lipinski definition) is 1. The zero-order valence-electron chi connectivity index (χ0n) is 24.2. The number of anilines is 1. The Labute approximate surface area is 247 Å². The topological polar surface area (TPSA) is 134 Å². The van der Waals surface area contributed by atoms with Gasteiger partial charge in [0.1, 0.15) is 16.4 Å². The fourth-order valence-electron chi connectivity index (χ4n) is 4.57. The van der Waals surface area contributed by atoms with Gasteiger partial charge in [-0.1, -0.05) is 24.7 Å². The van der Waals surface area contributed by atoms with Crippen molar-refractivity contribution in [3.8, 4) is 23.0 Å². The second kappa shape index (κ2) is 12.9. The molecule has 1 aliphatic heterocycles. The lowest BCUT2D eigenvalue weighted by atomic mass is 9.94. The maximum absolute atomic E-state index is 13.6. The number of thiazole rings is 1. The molecule has 1 amide bonds. The SMILES string of the molecule is CCCCOc1ccc(C(O)=C2C(=O)C(=O)N(c3nc(C)c(C(=O)OC)s3)[C@H]2c2cc(OC)c(OC)c(OC)c2)cc1. The van der Waals surface area contributed by atoms with Gasteiger partial charge in [0.05, 0.1) is 52.4 Å². The highest BCUT2D eigenvalue weighted by Gasteiger charge is 2.49. The summed E-state index contributed by atoms with van der Waals surface area (Å²) in [4.78, 5) is 45.3. The van der Waals surface area contributed by atoms with E-state index in [1.165, 1.54) is 28.4 Å². The summed E-state index contributed by atoms with van der Waals surface area (Å²) in [6.45, 7) is 4.21. The minimum Gasteiger partial charge on any atom is -0.507 e. The summed E-state index contributed by atoms with van der Waals surface area (Å²) in [7, 11) is 5.57. The van der Waals surface area contributed by atoms with Gasteiger partial charge in [0.25, 0.3) is 5.78 Å². The first kappa shape index (κ1) is 30.4. The summed E-state index contributed by atoms with van der Waals surface area (Å²) in [5, 5.41) is 11.6. The van der Waals surface area contributed by atoms with Crippen LogP contribution in [0.4, 0.5) is 5.13 Å². The Kier molecular flexibility index (Phi) is 9.36. The van der Waals surface area contributed by atoms with Crippen LogP contribution in [0.25, 0.3) is 5.76 Å². The Balaban J connectivity index is 1.92. The maximum atomic E-state index is 13.6. The standard InChI is InChI=1S/C30H32N2O9S/c1-7-8-13-41-19-11-9-17(10-12-19)24(33)22-23(18-14-20(37-3)26(39-5)21(15-18)38-4)32(28(35)25(22)34)30-31-16(2)27(42-30)29(36)40-6/h9-12,14-15,23,33H,7-8,13H2,1-6H3/t23-/m0/s1. The molecule has 11 nitrogen and oxygen atoms in total. The van der Waals surface area contributed by atoms with Crippen molar-refractivity contribution in [3.05, 3.63) is 63.7 Å². The monoisotopic (exact) mass is 596 g/mol. The molecule has 42 heavy (non-hydrogen) atoms. The number of amides is 1. The predicted molar refractivity (Wildman–Crippen MR) is 156 cm³/mol. The van der Waals surface area contributed by atoms with Crippen LogP contribution >= 0.6 is 11.3 Å². The lowest BCUT2D eigenvalue weighted by Crippen LogP contribution is -2.29. The molecule has 0 saturated carbocycles. The highest BCUT2D eigenvalue weighted by atomic mass is 32.1. The van der Waals surface area contributed by atoms with Crippen LogP contribution in [0.5, 0.6) is 23.0 Å². The normalized spacial score (nSPS) is 16.0. The molecule has 1 aliphatic rings. The third-order valence-corrected chi connectivity index (χ3v) is 7.84.